The van der Waals surface area contributed by atoms with E-state index in [1.165, 1.54) is 4.57 Å². The summed E-state index contributed by atoms with van der Waals surface area (Å²) in [6, 6.07) is 5.17. The van der Waals surface area contributed by atoms with E-state index in [9.17, 15) is 24.3 Å². The van der Waals surface area contributed by atoms with Crippen LogP contribution in [0.15, 0.2) is 33.9 Å². The maximum absolute atomic E-state index is 12.9. The number of benzene rings is 1. The summed E-state index contributed by atoms with van der Waals surface area (Å²) in [5, 5.41) is 11.8. The molecule has 10 nitrogen and oxygen atoms in total. The number of carboxylic acid groups (broad SMARTS) is 1. The molecule has 3 rings (SSSR count). The molecule has 2 aromatic rings. The molecule has 172 valence electrons. The fourth-order valence-corrected chi connectivity index (χ4v) is 3.51. The minimum Gasteiger partial charge on any atom is -0.480 e. The molecule has 10 heteroatoms. The summed E-state index contributed by atoms with van der Waals surface area (Å²) < 4.78 is 13.0. The molecule has 32 heavy (non-hydrogen) atoms. The molecule has 1 aromatic heterocycles. The third-order valence-electron chi connectivity index (χ3n) is 5.05. The van der Waals surface area contributed by atoms with E-state index in [-0.39, 0.29) is 13.0 Å². The Hall–Kier alpha value is -3.40. The number of hydrogen-bond acceptors (Lipinski definition) is 6. The standard InChI is InChI=1S/C22H27N3O7/c1-22(2,3)32-20(29)23-16(19(27)28)11-13-5-7-14(8-6-13)25-18(26)15-12-31-10-9-17(15)24(4)21(25)30/h5-8,16H,9-12H2,1-4H3,(H,23,29)(H,27,28). The maximum Gasteiger partial charge on any atom is 0.408 e. The molecule has 1 aliphatic rings. The van der Waals surface area contributed by atoms with E-state index in [1.54, 1.807) is 52.1 Å². The molecule has 2 heterocycles. The van der Waals surface area contributed by atoms with Gasteiger partial charge in [-0.25, -0.2) is 19.0 Å². The topological polar surface area (TPSA) is 129 Å². The lowest BCUT2D eigenvalue weighted by atomic mass is 10.1. The Kier molecular flexibility index (Phi) is 6.54. The molecule has 1 aliphatic heterocycles. The summed E-state index contributed by atoms with van der Waals surface area (Å²) in [5.74, 6) is -1.21. The van der Waals surface area contributed by atoms with Gasteiger partial charge in [0.1, 0.15) is 11.6 Å². The summed E-state index contributed by atoms with van der Waals surface area (Å²) in [6.45, 7) is 5.65. The number of carboxylic acids is 1. The first-order valence-corrected chi connectivity index (χ1v) is 10.2. The zero-order valence-electron chi connectivity index (χ0n) is 18.5. The van der Waals surface area contributed by atoms with Gasteiger partial charge in [0.2, 0.25) is 0 Å². The second-order valence-corrected chi connectivity index (χ2v) is 8.62. The summed E-state index contributed by atoms with van der Waals surface area (Å²) >= 11 is 0. The van der Waals surface area contributed by atoms with Crippen LogP contribution in [-0.2, 0) is 40.8 Å². The number of hydrogen-bond donors (Lipinski definition) is 2. The van der Waals surface area contributed by atoms with Gasteiger partial charge in [0.15, 0.2) is 0 Å². The predicted octanol–water partition coefficient (Wildman–Crippen LogP) is 1.13. The van der Waals surface area contributed by atoms with E-state index < -0.39 is 35.0 Å². The Balaban J connectivity index is 1.84. The van der Waals surface area contributed by atoms with Crippen LogP contribution in [0.3, 0.4) is 0 Å². The van der Waals surface area contributed by atoms with Crippen LogP contribution in [0.4, 0.5) is 4.79 Å². The van der Waals surface area contributed by atoms with Crippen LogP contribution >= 0.6 is 0 Å². The highest BCUT2D eigenvalue weighted by molar-refractivity contribution is 5.80. The highest BCUT2D eigenvalue weighted by Gasteiger charge is 2.25. The number of rotatable bonds is 5. The zero-order chi connectivity index (χ0) is 23.6. The van der Waals surface area contributed by atoms with Gasteiger partial charge >= 0.3 is 17.8 Å². The predicted molar refractivity (Wildman–Crippen MR) is 115 cm³/mol. The lowest BCUT2D eigenvalue weighted by molar-refractivity contribution is -0.139. The molecule has 0 spiro atoms. The molecule has 0 aliphatic carbocycles. The Labute approximate surface area is 184 Å². The summed E-state index contributed by atoms with van der Waals surface area (Å²) in [7, 11) is 1.62. The van der Waals surface area contributed by atoms with Gasteiger partial charge in [-0.1, -0.05) is 12.1 Å². The lowest BCUT2D eigenvalue weighted by Crippen LogP contribution is -2.44. The number of carbonyl (C=O) groups excluding carboxylic acids is 1. The first-order chi connectivity index (χ1) is 15.0. The van der Waals surface area contributed by atoms with Gasteiger partial charge in [0.25, 0.3) is 5.56 Å². The van der Waals surface area contributed by atoms with Gasteiger partial charge in [-0.3, -0.25) is 9.36 Å². The fraction of sp³-hybridized carbons (Fsp3) is 0.455. The second kappa shape index (κ2) is 8.99. The minimum atomic E-state index is -1.21. The van der Waals surface area contributed by atoms with E-state index in [0.29, 0.717) is 35.5 Å². The normalized spacial score (nSPS) is 14.4. The SMILES string of the molecule is Cn1c2c(c(=O)n(-c3ccc(CC(NC(=O)OC(C)(C)C)C(=O)O)cc3)c1=O)COCC2. The molecule has 0 saturated heterocycles. The largest absolute Gasteiger partial charge is 0.480 e. The minimum absolute atomic E-state index is 0.000206. The average Bonchev–Trinajstić information content (AvgIpc) is 2.71. The van der Waals surface area contributed by atoms with Gasteiger partial charge in [0.05, 0.1) is 24.5 Å². The molecule has 1 aromatic carbocycles. The highest BCUT2D eigenvalue weighted by atomic mass is 16.6. The summed E-state index contributed by atoms with van der Waals surface area (Å²) in [4.78, 5) is 49.2. The third kappa shape index (κ3) is 5.08. The number of nitrogens with zero attached hydrogens (tertiary/aromatic N) is 2. The number of carbonyl (C=O) groups is 2. The number of aromatic nitrogens is 2. The maximum atomic E-state index is 12.9. The number of aliphatic carboxylic acids is 1. The Morgan fingerprint density at radius 2 is 1.88 bits per heavy atom. The van der Waals surface area contributed by atoms with Crippen LogP contribution in [0.2, 0.25) is 0 Å². The number of nitrogens with one attached hydrogen (secondary N) is 1. The van der Waals surface area contributed by atoms with Crippen molar-refractivity contribution in [3.05, 3.63) is 61.9 Å². The number of fused-ring (bicyclic) bond motifs is 1. The van der Waals surface area contributed by atoms with Crippen LogP contribution in [0.25, 0.3) is 5.69 Å². The van der Waals surface area contributed by atoms with Gasteiger partial charge in [-0.15, -0.1) is 0 Å². The molecular weight excluding hydrogens is 418 g/mol. The van der Waals surface area contributed by atoms with Gasteiger partial charge < -0.3 is 19.9 Å². The molecule has 0 bridgehead atoms. The Morgan fingerprint density at radius 1 is 1.22 bits per heavy atom. The van der Waals surface area contributed by atoms with Crippen LogP contribution in [0.1, 0.15) is 37.6 Å². The van der Waals surface area contributed by atoms with E-state index in [4.69, 9.17) is 9.47 Å². The first kappa shape index (κ1) is 23.3. The van der Waals surface area contributed by atoms with Crippen molar-refractivity contribution in [2.75, 3.05) is 6.61 Å². The van der Waals surface area contributed by atoms with Gasteiger partial charge in [0, 0.05) is 25.6 Å². The molecule has 1 unspecified atom stereocenters. The van der Waals surface area contributed by atoms with Crippen molar-refractivity contribution < 1.29 is 24.2 Å². The molecule has 0 saturated carbocycles. The van der Waals surface area contributed by atoms with Crippen molar-refractivity contribution in [2.24, 2.45) is 7.05 Å². The first-order valence-electron chi connectivity index (χ1n) is 10.2. The van der Waals surface area contributed by atoms with E-state index >= 15 is 0 Å². The Morgan fingerprint density at radius 3 is 2.47 bits per heavy atom. The molecule has 0 fully saturated rings. The molecule has 0 radical (unpaired) electrons. The molecular formula is C22H27N3O7. The van der Waals surface area contributed by atoms with Crippen LogP contribution < -0.4 is 16.6 Å². The van der Waals surface area contributed by atoms with Crippen molar-refractivity contribution >= 4 is 12.1 Å². The number of alkyl carbamates (subject to hydrolysis) is 1. The number of ether oxygens (including phenoxy) is 2. The average molecular weight is 445 g/mol. The fourth-order valence-electron chi connectivity index (χ4n) is 3.51. The quantitative estimate of drug-likeness (QED) is 0.706. The van der Waals surface area contributed by atoms with Crippen LogP contribution in [-0.4, -0.2) is 44.6 Å². The van der Waals surface area contributed by atoms with Crippen molar-refractivity contribution in [3.8, 4) is 5.69 Å². The van der Waals surface area contributed by atoms with Crippen LogP contribution in [0.5, 0.6) is 0 Å². The van der Waals surface area contributed by atoms with Crippen molar-refractivity contribution in [2.45, 2.75) is 51.9 Å². The second-order valence-electron chi connectivity index (χ2n) is 8.62. The highest BCUT2D eigenvalue weighted by Crippen LogP contribution is 2.14. The van der Waals surface area contributed by atoms with Crippen molar-refractivity contribution in [3.63, 3.8) is 0 Å². The third-order valence-corrected chi connectivity index (χ3v) is 5.05. The number of amides is 1. The van der Waals surface area contributed by atoms with Crippen molar-refractivity contribution in [1.29, 1.82) is 0 Å². The van der Waals surface area contributed by atoms with E-state index in [2.05, 4.69) is 5.32 Å². The molecule has 1 atom stereocenters. The van der Waals surface area contributed by atoms with Crippen LogP contribution in [0, 0.1) is 0 Å². The Bertz CT molecular complexity index is 1140. The van der Waals surface area contributed by atoms with E-state index in [0.717, 1.165) is 4.57 Å². The summed E-state index contributed by atoms with van der Waals surface area (Å²) in [6.07, 6.45) is -0.329. The molecule has 2 N–H and O–H groups in total. The smallest absolute Gasteiger partial charge is 0.408 e. The zero-order valence-corrected chi connectivity index (χ0v) is 18.5. The van der Waals surface area contributed by atoms with E-state index in [1.807, 2.05) is 0 Å². The van der Waals surface area contributed by atoms with Gasteiger partial charge in [-0.2, -0.15) is 0 Å². The monoisotopic (exact) mass is 445 g/mol. The lowest BCUT2D eigenvalue weighted by Gasteiger charge is -2.22. The van der Waals surface area contributed by atoms with Gasteiger partial charge in [-0.05, 0) is 38.5 Å². The van der Waals surface area contributed by atoms with Crippen molar-refractivity contribution in [1.82, 2.24) is 14.5 Å². The summed E-state index contributed by atoms with van der Waals surface area (Å²) in [5.41, 5.74) is 0.451. The molecule has 1 amide bonds.